The third-order valence-corrected chi connectivity index (χ3v) is 5.37. The monoisotopic (exact) mass is 404 g/mol. The van der Waals surface area contributed by atoms with Crippen LogP contribution in [0.2, 0.25) is 0 Å². The Morgan fingerprint density at radius 3 is 2.74 bits per heavy atom. The summed E-state index contributed by atoms with van der Waals surface area (Å²) in [4.78, 5) is 13.2. The normalized spacial score (nSPS) is 11.9. The molecule has 4 rings (SSSR count). The Labute approximate surface area is 202 Å². The number of imidazole rings is 1. The van der Waals surface area contributed by atoms with E-state index in [0.29, 0.717) is 5.16 Å². The van der Waals surface area contributed by atoms with Gasteiger partial charge in [-0.05, 0) is 48.3 Å². The Morgan fingerprint density at radius 1 is 1.22 bits per heavy atom. The van der Waals surface area contributed by atoms with Crippen molar-refractivity contribution in [2.45, 2.75) is 17.8 Å². The van der Waals surface area contributed by atoms with E-state index in [4.69, 9.17) is 4.74 Å². The summed E-state index contributed by atoms with van der Waals surface area (Å²) in [6, 6.07) is 11.5. The van der Waals surface area contributed by atoms with Crippen LogP contribution in [-0.2, 0) is 16.6 Å². The molecule has 0 bridgehead atoms. The molecule has 1 unspecified atom stereocenters. The molecule has 0 amide bonds. The first-order valence-electron chi connectivity index (χ1n) is 8.10. The average molecular weight is 405 g/mol. The van der Waals surface area contributed by atoms with E-state index >= 15 is 0 Å². The predicted molar refractivity (Wildman–Crippen MR) is 100 cm³/mol. The second-order valence-electron chi connectivity index (χ2n) is 5.84. The van der Waals surface area contributed by atoms with E-state index in [0.717, 1.165) is 33.7 Å². The first kappa shape index (κ1) is 20.4. The van der Waals surface area contributed by atoms with Gasteiger partial charge >= 0.3 is 51.4 Å². The Bertz CT molecular complexity index is 1090. The van der Waals surface area contributed by atoms with Crippen LogP contribution in [0, 0.1) is 6.92 Å². The SMILES string of the molecule is COc1ccnc(CS(=O)c2nc3cc(-n4cccc4)ccc3[n-]2)c1C.[K+]. The van der Waals surface area contributed by atoms with E-state index < -0.39 is 10.8 Å². The minimum absolute atomic E-state index is 0. The van der Waals surface area contributed by atoms with Crippen molar-refractivity contribution < 1.29 is 60.3 Å². The number of aromatic nitrogens is 4. The molecule has 0 fully saturated rings. The van der Waals surface area contributed by atoms with Gasteiger partial charge in [0.05, 0.1) is 29.4 Å². The quantitative estimate of drug-likeness (QED) is 0.438. The van der Waals surface area contributed by atoms with Crippen LogP contribution in [0.25, 0.3) is 16.7 Å². The summed E-state index contributed by atoms with van der Waals surface area (Å²) in [5.41, 5.74) is 4.07. The standard InChI is InChI=1S/C19H17N4O2S.K/c1-13-17(20-8-7-18(13)25-2)12-26(24)19-21-15-6-5-14(11-16(15)22-19)23-9-3-4-10-23;/h3-11H,12H2,1-2H3;/q-1;+1. The number of fused-ring (bicyclic) bond motifs is 1. The second-order valence-corrected chi connectivity index (χ2v) is 7.19. The van der Waals surface area contributed by atoms with Gasteiger partial charge in [-0.1, -0.05) is 6.07 Å². The van der Waals surface area contributed by atoms with E-state index in [1.807, 2.05) is 54.2 Å². The average Bonchev–Trinajstić information content (AvgIpc) is 3.32. The fourth-order valence-corrected chi connectivity index (χ4v) is 3.88. The number of ether oxygens (including phenoxy) is 1. The van der Waals surface area contributed by atoms with E-state index in [9.17, 15) is 4.21 Å². The Hall–Kier alpha value is -1.29. The van der Waals surface area contributed by atoms with E-state index in [1.54, 1.807) is 19.4 Å². The summed E-state index contributed by atoms with van der Waals surface area (Å²) in [6.45, 7) is 1.91. The van der Waals surface area contributed by atoms with Gasteiger partial charge in [-0.3, -0.25) is 9.19 Å². The van der Waals surface area contributed by atoms with Crippen LogP contribution in [0.1, 0.15) is 11.3 Å². The van der Waals surface area contributed by atoms with Gasteiger partial charge in [0, 0.05) is 35.0 Å². The number of pyridine rings is 1. The summed E-state index contributed by atoms with van der Waals surface area (Å²) in [6.07, 6.45) is 5.59. The molecular formula is C19H17KN4O2S. The van der Waals surface area contributed by atoms with Crippen molar-refractivity contribution in [1.82, 2.24) is 19.5 Å². The number of rotatable bonds is 5. The molecule has 3 heterocycles. The minimum atomic E-state index is -1.38. The third kappa shape index (κ3) is 4.26. The van der Waals surface area contributed by atoms with Crippen LogP contribution in [0.15, 0.2) is 60.1 Å². The Balaban J connectivity index is 0.00000210. The zero-order valence-electron chi connectivity index (χ0n) is 15.4. The number of benzene rings is 1. The molecule has 27 heavy (non-hydrogen) atoms. The topological polar surface area (TPSA) is 71.1 Å². The van der Waals surface area contributed by atoms with Gasteiger partial charge in [-0.25, -0.2) is 0 Å². The Morgan fingerprint density at radius 2 is 2.00 bits per heavy atom. The van der Waals surface area contributed by atoms with Crippen molar-refractivity contribution in [2.24, 2.45) is 0 Å². The van der Waals surface area contributed by atoms with Crippen LogP contribution in [0.5, 0.6) is 5.75 Å². The van der Waals surface area contributed by atoms with Crippen LogP contribution in [0.3, 0.4) is 0 Å². The zero-order chi connectivity index (χ0) is 18.1. The van der Waals surface area contributed by atoms with Gasteiger partial charge in [-0.2, -0.15) is 0 Å². The van der Waals surface area contributed by atoms with Gasteiger partial charge in [0.1, 0.15) is 5.75 Å². The minimum Gasteiger partial charge on any atom is -0.496 e. The maximum atomic E-state index is 12.7. The van der Waals surface area contributed by atoms with Crippen molar-refractivity contribution >= 4 is 21.8 Å². The molecule has 3 aromatic heterocycles. The molecule has 0 radical (unpaired) electrons. The van der Waals surface area contributed by atoms with Crippen molar-refractivity contribution in [3.05, 3.63) is 66.2 Å². The largest absolute Gasteiger partial charge is 1.00 e. The predicted octanol–water partition coefficient (Wildman–Crippen LogP) is 0.00652. The third-order valence-electron chi connectivity index (χ3n) is 4.24. The van der Waals surface area contributed by atoms with Gasteiger partial charge in [0.25, 0.3) is 0 Å². The number of nitrogens with zero attached hydrogens (tertiary/aromatic N) is 4. The van der Waals surface area contributed by atoms with E-state index in [1.165, 1.54) is 0 Å². The molecule has 132 valence electrons. The summed E-state index contributed by atoms with van der Waals surface area (Å²) in [5, 5.41) is 0.327. The Kier molecular flexibility index (Phi) is 6.67. The van der Waals surface area contributed by atoms with Crippen LogP contribution in [-0.4, -0.2) is 25.9 Å². The zero-order valence-corrected chi connectivity index (χ0v) is 19.4. The molecule has 6 nitrogen and oxygen atoms in total. The molecule has 0 aliphatic heterocycles. The number of hydrogen-bond acceptors (Lipinski definition) is 4. The summed E-state index contributed by atoms with van der Waals surface area (Å²) < 4.78 is 20.0. The smallest absolute Gasteiger partial charge is 0.496 e. The van der Waals surface area contributed by atoms with Crippen molar-refractivity contribution in [3.8, 4) is 11.4 Å². The second kappa shape index (κ2) is 8.81. The maximum Gasteiger partial charge on any atom is 1.00 e. The summed E-state index contributed by atoms with van der Waals surface area (Å²) >= 11 is 0. The van der Waals surface area contributed by atoms with Gasteiger partial charge in [0.2, 0.25) is 0 Å². The number of hydrogen-bond donors (Lipinski definition) is 0. The first-order chi connectivity index (χ1) is 12.7. The van der Waals surface area contributed by atoms with E-state index in [-0.39, 0.29) is 57.1 Å². The van der Waals surface area contributed by atoms with Crippen molar-refractivity contribution in [1.29, 1.82) is 0 Å². The fourth-order valence-electron chi connectivity index (χ4n) is 2.81. The summed E-state index contributed by atoms with van der Waals surface area (Å²) in [7, 11) is 0.232. The van der Waals surface area contributed by atoms with Crippen LogP contribution < -0.4 is 61.1 Å². The van der Waals surface area contributed by atoms with Crippen LogP contribution in [0.4, 0.5) is 0 Å². The maximum absolute atomic E-state index is 12.7. The summed E-state index contributed by atoms with van der Waals surface area (Å²) in [5.74, 6) is 0.987. The fraction of sp³-hybridized carbons (Fsp3) is 0.158. The molecule has 0 aliphatic carbocycles. The molecular weight excluding hydrogens is 387 g/mol. The van der Waals surface area contributed by atoms with Crippen molar-refractivity contribution in [2.75, 3.05) is 7.11 Å². The molecule has 0 aliphatic rings. The van der Waals surface area contributed by atoms with Gasteiger partial charge in [0.15, 0.2) is 0 Å². The molecule has 0 N–H and O–H groups in total. The molecule has 1 aromatic carbocycles. The van der Waals surface area contributed by atoms with Gasteiger partial charge in [-0.15, -0.1) is 0 Å². The molecule has 0 saturated carbocycles. The molecule has 1 atom stereocenters. The number of methoxy groups -OCH3 is 1. The molecule has 8 heteroatoms. The van der Waals surface area contributed by atoms with Gasteiger partial charge < -0.3 is 19.3 Å². The molecule has 4 aromatic rings. The molecule has 0 saturated heterocycles. The van der Waals surface area contributed by atoms with E-state index in [2.05, 4.69) is 15.0 Å². The van der Waals surface area contributed by atoms with Crippen LogP contribution >= 0.6 is 0 Å². The van der Waals surface area contributed by atoms with Crippen molar-refractivity contribution in [3.63, 3.8) is 0 Å². The molecule has 0 spiro atoms. The first-order valence-corrected chi connectivity index (χ1v) is 9.42.